The maximum Gasteiger partial charge on any atom is 0.150 e. The molecule has 0 aliphatic carbocycles. The van der Waals surface area contributed by atoms with Gasteiger partial charge in [0.25, 0.3) is 0 Å². The van der Waals surface area contributed by atoms with Gasteiger partial charge in [0.2, 0.25) is 0 Å². The fourth-order valence-corrected chi connectivity index (χ4v) is 2.21. The standard InChI is InChI=1S/C15H17N3O2.C5H12.C3H4N2/c1-10(2)20-14-9-11(19)6-7-12(14)18-15(16)13-5-3-4-8-17-13;1-3-5-4-2;1-2-5-3-4-1/h3-10,19H,1-2H3,(H2,16,18);3-5H2,1-2H3;1-3H,(H,4,5). The largest absolute Gasteiger partial charge is 0.508 e. The number of H-pyrrole nitrogens is 1. The minimum atomic E-state index is -0.0261. The summed E-state index contributed by atoms with van der Waals surface area (Å²) < 4.78 is 5.62. The normalized spacial score (nSPS) is 10.5. The van der Waals surface area contributed by atoms with Crippen LogP contribution in [-0.4, -0.2) is 32.0 Å². The Hall–Kier alpha value is -3.35. The molecule has 0 fully saturated rings. The Morgan fingerprint density at radius 1 is 1.17 bits per heavy atom. The number of pyridine rings is 1. The van der Waals surface area contributed by atoms with E-state index >= 15 is 0 Å². The molecule has 0 aliphatic rings. The van der Waals surface area contributed by atoms with E-state index in [-0.39, 0.29) is 11.9 Å². The predicted octanol–water partition coefficient (Wildman–Crippen LogP) is 5.22. The first-order valence-corrected chi connectivity index (χ1v) is 10.2. The van der Waals surface area contributed by atoms with Crippen LogP contribution in [0.2, 0.25) is 0 Å². The highest BCUT2D eigenvalue weighted by atomic mass is 16.5. The number of phenolic OH excluding ortho intramolecular Hbond substituents is 1. The molecule has 0 atom stereocenters. The number of unbranched alkanes of at least 4 members (excludes halogenated alkanes) is 2. The van der Waals surface area contributed by atoms with Crippen molar-refractivity contribution < 1.29 is 9.84 Å². The molecule has 3 rings (SSSR count). The lowest BCUT2D eigenvalue weighted by Gasteiger charge is -2.12. The number of aromatic amines is 1. The number of benzene rings is 1. The lowest BCUT2D eigenvalue weighted by Crippen LogP contribution is -2.14. The molecule has 0 radical (unpaired) electrons. The second-order valence-electron chi connectivity index (χ2n) is 6.64. The SMILES string of the molecule is CC(C)Oc1cc(O)ccc1N=C(N)c1ccccn1.CCCCC.c1c[nH]cn1. The van der Waals surface area contributed by atoms with E-state index in [2.05, 4.69) is 33.8 Å². The van der Waals surface area contributed by atoms with Crippen molar-refractivity contribution >= 4 is 11.5 Å². The van der Waals surface area contributed by atoms with Crippen LogP contribution in [-0.2, 0) is 0 Å². The summed E-state index contributed by atoms with van der Waals surface area (Å²) in [6.07, 6.45) is 10.8. The molecule has 7 heteroatoms. The van der Waals surface area contributed by atoms with Gasteiger partial charge in [0.1, 0.15) is 28.7 Å². The summed E-state index contributed by atoms with van der Waals surface area (Å²) in [6.45, 7) is 8.23. The van der Waals surface area contributed by atoms with Crippen LogP contribution in [0.3, 0.4) is 0 Å². The van der Waals surface area contributed by atoms with Gasteiger partial charge in [0, 0.05) is 24.7 Å². The summed E-state index contributed by atoms with van der Waals surface area (Å²) in [6, 6.07) is 10.1. The van der Waals surface area contributed by atoms with Gasteiger partial charge in [-0.3, -0.25) is 4.98 Å². The third kappa shape index (κ3) is 10.3. The minimum absolute atomic E-state index is 0.0261. The molecule has 0 amide bonds. The van der Waals surface area contributed by atoms with E-state index in [4.69, 9.17) is 10.5 Å². The Bertz CT molecular complexity index is 815. The maximum absolute atomic E-state index is 9.53. The van der Waals surface area contributed by atoms with Crippen LogP contribution in [0, 0.1) is 0 Å². The number of hydrogen-bond acceptors (Lipinski definition) is 5. The lowest BCUT2D eigenvalue weighted by atomic mass is 10.2. The molecule has 0 bridgehead atoms. The summed E-state index contributed by atoms with van der Waals surface area (Å²) in [7, 11) is 0. The van der Waals surface area contributed by atoms with Gasteiger partial charge < -0.3 is 20.6 Å². The van der Waals surface area contributed by atoms with Gasteiger partial charge in [0.15, 0.2) is 0 Å². The lowest BCUT2D eigenvalue weighted by molar-refractivity contribution is 0.242. The third-order valence-corrected chi connectivity index (χ3v) is 3.59. The van der Waals surface area contributed by atoms with E-state index in [9.17, 15) is 5.11 Å². The Morgan fingerprint density at radius 3 is 2.40 bits per heavy atom. The third-order valence-electron chi connectivity index (χ3n) is 3.59. The predicted molar refractivity (Wildman–Crippen MR) is 122 cm³/mol. The maximum atomic E-state index is 9.53. The van der Waals surface area contributed by atoms with E-state index in [1.165, 1.54) is 31.4 Å². The highest BCUT2D eigenvalue weighted by molar-refractivity contribution is 5.97. The Labute approximate surface area is 179 Å². The molecule has 162 valence electrons. The molecule has 2 aromatic heterocycles. The number of hydrogen-bond donors (Lipinski definition) is 3. The van der Waals surface area contributed by atoms with Crippen LogP contribution in [0.5, 0.6) is 11.5 Å². The van der Waals surface area contributed by atoms with E-state index in [0.717, 1.165) is 0 Å². The summed E-state index contributed by atoms with van der Waals surface area (Å²) in [4.78, 5) is 14.9. The highest BCUT2D eigenvalue weighted by Gasteiger charge is 2.08. The van der Waals surface area contributed by atoms with E-state index in [1.54, 1.807) is 37.1 Å². The van der Waals surface area contributed by atoms with Crippen molar-refractivity contribution in [2.24, 2.45) is 10.7 Å². The Balaban J connectivity index is 0.000000369. The number of amidine groups is 1. The van der Waals surface area contributed by atoms with Crippen molar-refractivity contribution in [1.29, 1.82) is 0 Å². The van der Waals surface area contributed by atoms with Gasteiger partial charge in [-0.2, -0.15) is 0 Å². The molecular formula is C23H33N5O2. The molecule has 1 aromatic carbocycles. The first kappa shape index (κ1) is 24.7. The van der Waals surface area contributed by atoms with Crippen LogP contribution in [0.4, 0.5) is 5.69 Å². The second-order valence-corrected chi connectivity index (χ2v) is 6.64. The summed E-state index contributed by atoms with van der Waals surface area (Å²) in [5, 5.41) is 9.53. The van der Waals surface area contributed by atoms with Gasteiger partial charge in [-0.15, -0.1) is 0 Å². The van der Waals surface area contributed by atoms with Crippen molar-refractivity contribution in [2.45, 2.75) is 53.1 Å². The molecular weight excluding hydrogens is 378 g/mol. The van der Waals surface area contributed by atoms with Crippen molar-refractivity contribution in [2.75, 3.05) is 0 Å². The number of nitrogens with one attached hydrogen (secondary N) is 1. The number of aromatic hydroxyl groups is 1. The molecule has 30 heavy (non-hydrogen) atoms. The van der Waals surface area contributed by atoms with Crippen LogP contribution in [0.1, 0.15) is 52.7 Å². The average molecular weight is 412 g/mol. The Kier molecular flexibility index (Phi) is 12.0. The van der Waals surface area contributed by atoms with Crippen LogP contribution >= 0.6 is 0 Å². The monoisotopic (exact) mass is 411 g/mol. The number of nitrogens with zero attached hydrogens (tertiary/aromatic N) is 3. The summed E-state index contributed by atoms with van der Waals surface area (Å²) in [5.74, 6) is 0.903. The molecule has 7 nitrogen and oxygen atoms in total. The molecule has 0 aliphatic heterocycles. The van der Waals surface area contributed by atoms with Crippen molar-refractivity contribution in [3.8, 4) is 11.5 Å². The first-order valence-electron chi connectivity index (χ1n) is 10.2. The number of aromatic nitrogens is 3. The van der Waals surface area contributed by atoms with Crippen molar-refractivity contribution in [3.63, 3.8) is 0 Å². The van der Waals surface area contributed by atoms with Gasteiger partial charge in [-0.25, -0.2) is 9.98 Å². The zero-order valence-corrected chi connectivity index (χ0v) is 18.2. The first-order chi connectivity index (χ1) is 14.5. The number of nitrogens with two attached hydrogens (primary N) is 1. The van der Waals surface area contributed by atoms with Crippen LogP contribution in [0.15, 0.2) is 66.3 Å². The van der Waals surface area contributed by atoms with Crippen LogP contribution in [0.25, 0.3) is 0 Å². The number of imidazole rings is 1. The number of rotatable bonds is 6. The van der Waals surface area contributed by atoms with Gasteiger partial charge in [0.05, 0.1) is 12.4 Å². The quantitative estimate of drug-likeness (QED) is 0.381. The zero-order valence-electron chi connectivity index (χ0n) is 18.2. The molecule has 0 saturated heterocycles. The molecule has 4 N–H and O–H groups in total. The summed E-state index contributed by atoms with van der Waals surface area (Å²) in [5.41, 5.74) is 7.08. The smallest absolute Gasteiger partial charge is 0.150 e. The van der Waals surface area contributed by atoms with E-state index in [0.29, 0.717) is 23.0 Å². The van der Waals surface area contributed by atoms with Crippen LogP contribution < -0.4 is 10.5 Å². The minimum Gasteiger partial charge on any atom is -0.508 e. The summed E-state index contributed by atoms with van der Waals surface area (Å²) >= 11 is 0. The molecule has 3 aromatic rings. The van der Waals surface area contributed by atoms with E-state index < -0.39 is 0 Å². The van der Waals surface area contributed by atoms with Gasteiger partial charge in [-0.05, 0) is 38.1 Å². The molecule has 0 saturated carbocycles. The Morgan fingerprint density at radius 2 is 1.93 bits per heavy atom. The van der Waals surface area contributed by atoms with Crippen molar-refractivity contribution in [1.82, 2.24) is 15.0 Å². The topological polar surface area (TPSA) is 109 Å². The van der Waals surface area contributed by atoms with Crippen molar-refractivity contribution in [3.05, 3.63) is 67.0 Å². The van der Waals surface area contributed by atoms with Gasteiger partial charge in [-0.1, -0.05) is 39.2 Å². The highest BCUT2D eigenvalue weighted by Crippen LogP contribution is 2.32. The second kappa shape index (κ2) is 14.6. The number of ether oxygens (including phenoxy) is 1. The fourth-order valence-electron chi connectivity index (χ4n) is 2.21. The molecule has 0 unspecified atom stereocenters. The molecule has 2 heterocycles. The molecule has 0 spiro atoms. The zero-order chi connectivity index (χ0) is 22.2. The van der Waals surface area contributed by atoms with Gasteiger partial charge >= 0.3 is 0 Å². The van der Waals surface area contributed by atoms with E-state index in [1.807, 2.05) is 26.0 Å². The number of aliphatic imine (C=N–C) groups is 1. The average Bonchev–Trinajstić information content (AvgIpc) is 3.31. The number of phenols is 1. The fraction of sp³-hybridized carbons (Fsp3) is 0.348.